The van der Waals surface area contributed by atoms with Crippen molar-refractivity contribution in [3.8, 4) is 5.75 Å². The van der Waals surface area contributed by atoms with E-state index in [1.54, 1.807) is 24.3 Å². The van der Waals surface area contributed by atoms with Crippen LogP contribution >= 0.6 is 0 Å². The third-order valence-electron chi connectivity index (χ3n) is 3.61. The van der Waals surface area contributed by atoms with Crippen LogP contribution in [0.4, 0.5) is 14.5 Å². The second kappa shape index (κ2) is 6.85. The zero-order valence-electron chi connectivity index (χ0n) is 11.8. The van der Waals surface area contributed by atoms with Gasteiger partial charge in [-0.3, -0.25) is 4.79 Å². The number of para-hydroxylation sites is 2. The van der Waals surface area contributed by atoms with Crippen LogP contribution in [0.2, 0.25) is 0 Å². The topological polar surface area (TPSA) is 64.3 Å². The summed E-state index contributed by atoms with van der Waals surface area (Å²) in [7, 11) is 0. The van der Waals surface area contributed by atoms with Gasteiger partial charge in [-0.25, -0.2) is 8.78 Å². The molecule has 4 nitrogen and oxygen atoms in total. The van der Waals surface area contributed by atoms with Crippen LogP contribution in [0.25, 0.3) is 0 Å². The highest BCUT2D eigenvalue weighted by Crippen LogP contribution is 2.37. The van der Waals surface area contributed by atoms with Crippen molar-refractivity contribution in [2.75, 3.05) is 18.5 Å². The number of nitrogens with one attached hydrogen (secondary N) is 1. The van der Waals surface area contributed by atoms with E-state index in [4.69, 9.17) is 10.5 Å². The second-order valence-electron chi connectivity index (χ2n) is 5.25. The van der Waals surface area contributed by atoms with Crippen LogP contribution < -0.4 is 15.8 Å². The fourth-order valence-corrected chi connectivity index (χ4v) is 2.40. The van der Waals surface area contributed by atoms with Gasteiger partial charge in [-0.2, -0.15) is 0 Å². The minimum Gasteiger partial charge on any atom is -0.490 e. The van der Waals surface area contributed by atoms with Crippen molar-refractivity contribution in [2.24, 2.45) is 11.7 Å². The molecule has 1 aliphatic rings. The Kier molecular flexibility index (Phi) is 5.12. The van der Waals surface area contributed by atoms with Gasteiger partial charge in [0.2, 0.25) is 11.8 Å². The SMILES string of the molecule is NCCOc1ccccc1NC(=O)C1CCC(F)(F)CC1. The van der Waals surface area contributed by atoms with Crippen molar-refractivity contribution in [2.45, 2.75) is 31.6 Å². The van der Waals surface area contributed by atoms with Crippen LogP contribution in [-0.2, 0) is 4.79 Å². The van der Waals surface area contributed by atoms with Crippen molar-refractivity contribution in [3.05, 3.63) is 24.3 Å². The average Bonchev–Trinajstić information content (AvgIpc) is 2.46. The fourth-order valence-electron chi connectivity index (χ4n) is 2.40. The Morgan fingerprint density at radius 1 is 1.33 bits per heavy atom. The summed E-state index contributed by atoms with van der Waals surface area (Å²) in [6.45, 7) is 0.725. The lowest BCUT2D eigenvalue weighted by atomic mass is 9.86. The highest BCUT2D eigenvalue weighted by Gasteiger charge is 2.37. The first kappa shape index (κ1) is 15.7. The van der Waals surface area contributed by atoms with E-state index in [9.17, 15) is 13.6 Å². The fraction of sp³-hybridized carbons (Fsp3) is 0.533. The molecular formula is C15H20F2N2O2. The number of amides is 1. The number of nitrogens with two attached hydrogens (primary N) is 1. The van der Waals surface area contributed by atoms with Gasteiger partial charge in [0.05, 0.1) is 5.69 Å². The van der Waals surface area contributed by atoms with Crippen molar-refractivity contribution in [3.63, 3.8) is 0 Å². The van der Waals surface area contributed by atoms with Crippen LogP contribution in [0.5, 0.6) is 5.75 Å². The summed E-state index contributed by atoms with van der Waals surface area (Å²) >= 11 is 0. The predicted molar refractivity (Wildman–Crippen MR) is 76.5 cm³/mol. The van der Waals surface area contributed by atoms with Crippen LogP contribution in [0.15, 0.2) is 24.3 Å². The van der Waals surface area contributed by atoms with E-state index in [1.165, 1.54) is 0 Å². The Hall–Kier alpha value is -1.69. The molecule has 1 aromatic carbocycles. The smallest absolute Gasteiger partial charge is 0.248 e. The molecule has 2 rings (SSSR count). The standard InChI is InChI=1S/C15H20F2N2O2/c16-15(17)7-5-11(6-8-15)14(20)19-12-3-1-2-4-13(12)21-10-9-18/h1-4,11H,5-10,18H2,(H,19,20). The molecule has 1 aliphatic carbocycles. The van der Waals surface area contributed by atoms with Gasteiger partial charge in [-0.1, -0.05) is 12.1 Å². The maximum absolute atomic E-state index is 13.1. The third kappa shape index (κ3) is 4.39. The van der Waals surface area contributed by atoms with Crippen LogP contribution in [0.1, 0.15) is 25.7 Å². The minimum absolute atomic E-state index is 0.213. The summed E-state index contributed by atoms with van der Waals surface area (Å²) in [4.78, 5) is 12.2. The number of benzene rings is 1. The van der Waals surface area contributed by atoms with Crippen molar-refractivity contribution in [1.29, 1.82) is 0 Å². The molecule has 1 saturated carbocycles. The van der Waals surface area contributed by atoms with E-state index in [1.807, 2.05) is 0 Å². The number of carbonyl (C=O) groups is 1. The molecule has 3 N–H and O–H groups in total. The van der Waals surface area contributed by atoms with Gasteiger partial charge in [-0.05, 0) is 25.0 Å². The molecule has 0 saturated heterocycles. The number of alkyl halides is 2. The van der Waals surface area contributed by atoms with Gasteiger partial charge in [-0.15, -0.1) is 0 Å². The maximum atomic E-state index is 13.1. The molecule has 0 aromatic heterocycles. The van der Waals surface area contributed by atoms with Gasteiger partial charge >= 0.3 is 0 Å². The minimum atomic E-state index is -2.63. The van der Waals surface area contributed by atoms with Crippen molar-refractivity contribution < 1.29 is 18.3 Å². The Labute approximate surface area is 122 Å². The van der Waals surface area contributed by atoms with E-state index in [0.29, 0.717) is 24.6 Å². The monoisotopic (exact) mass is 298 g/mol. The number of rotatable bonds is 5. The molecule has 0 heterocycles. The summed E-state index contributed by atoms with van der Waals surface area (Å²) in [5, 5.41) is 2.77. The first-order valence-corrected chi connectivity index (χ1v) is 7.12. The largest absolute Gasteiger partial charge is 0.490 e. The summed E-state index contributed by atoms with van der Waals surface area (Å²) in [6.07, 6.45) is -0.0257. The van der Waals surface area contributed by atoms with Crippen LogP contribution in [0.3, 0.4) is 0 Å². The van der Waals surface area contributed by atoms with Gasteiger partial charge in [0.15, 0.2) is 0 Å². The number of hydrogen-bond donors (Lipinski definition) is 2. The lowest BCUT2D eigenvalue weighted by Gasteiger charge is -2.27. The van der Waals surface area contributed by atoms with E-state index in [0.717, 1.165) is 0 Å². The predicted octanol–water partition coefficient (Wildman–Crippen LogP) is 2.79. The van der Waals surface area contributed by atoms with Crippen LogP contribution in [-0.4, -0.2) is 25.0 Å². The molecule has 0 unspecified atom stereocenters. The molecule has 1 aromatic rings. The molecular weight excluding hydrogens is 278 g/mol. The summed E-state index contributed by atoms with van der Waals surface area (Å²) in [5.74, 6) is -2.68. The summed E-state index contributed by atoms with van der Waals surface area (Å²) < 4.78 is 31.7. The molecule has 6 heteroatoms. The first-order valence-electron chi connectivity index (χ1n) is 7.12. The highest BCUT2D eigenvalue weighted by molar-refractivity contribution is 5.94. The van der Waals surface area contributed by atoms with Gasteiger partial charge in [0.1, 0.15) is 12.4 Å². The zero-order valence-corrected chi connectivity index (χ0v) is 11.8. The Bertz CT molecular complexity index is 484. The van der Waals surface area contributed by atoms with Crippen molar-refractivity contribution >= 4 is 11.6 Å². The van der Waals surface area contributed by atoms with E-state index < -0.39 is 5.92 Å². The van der Waals surface area contributed by atoms with E-state index in [2.05, 4.69) is 5.32 Å². The maximum Gasteiger partial charge on any atom is 0.248 e. The van der Waals surface area contributed by atoms with Crippen LogP contribution in [0, 0.1) is 5.92 Å². The van der Waals surface area contributed by atoms with Gasteiger partial charge in [0, 0.05) is 25.3 Å². The Morgan fingerprint density at radius 2 is 2.00 bits per heavy atom. The molecule has 0 spiro atoms. The molecule has 0 atom stereocenters. The number of ether oxygens (including phenoxy) is 1. The summed E-state index contributed by atoms with van der Waals surface area (Å²) in [5.41, 5.74) is 5.94. The number of halogens is 2. The van der Waals surface area contributed by atoms with Gasteiger partial charge < -0.3 is 15.8 Å². The molecule has 0 aliphatic heterocycles. The molecule has 1 fully saturated rings. The molecule has 1 amide bonds. The van der Waals surface area contributed by atoms with Gasteiger partial charge in [0.25, 0.3) is 0 Å². The third-order valence-corrected chi connectivity index (χ3v) is 3.61. The Morgan fingerprint density at radius 3 is 2.67 bits per heavy atom. The second-order valence-corrected chi connectivity index (χ2v) is 5.25. The molecule has 21 heavy (non-hydrogen) atoms. The zero-order chi connectivity index (χ0) is 15.3. The molecule has 0 bridgehead atoms. The van der Waals surface area contributed by atoms with E-state index in [-0.39, 0.29) is 37.5 Å². The molecule has 116 valence electrons. The lowest BCUT2D eigenvalue weighted by Crippen LogP contribution is -2.31. The first-order chi connectivity index (χ1) is 10.0. The Balaban J connectivity index is 1.97. The number of hydrogen-bond acceptors (Lipinski definition) is 3. The number of anilines is 1. The number of carbonyl (C=O) groups excluding carboxylic acids is 1. The normalized spacial score (nSPS) is 18.2. The summed E-state index contributed by atoms with van der Waals surface area (Å²) in [6, 6.07) is 7.03. The van der Waals surface area contributed by atoms with E-state index >= 15 is 0 Å². The molecule has 0 radical (unpaired) electrons. The average molecular weight is 298 g/mol. The lowest BCUT2D eigenvalue weighted by molar-refractivity contribution is -0.124. The quantitative estimate of drug-likeness (QED) is 0.878. The van der Waals surface area contributed by atoms with Crippen molar-refractivity contribution in [1.82, 2.24) is 0 Å². The highest BCUT2D eigenvalue weighted by atomic mass is 19.3.